The molecule has 0 saturated carbocycles. The number of benzene rings is 1. The van der Waals surface area contributed by atoms with Gasteiger partial charge in [-0.1, -0.05) is 12.1 Å². The van der Waals surface area contributed by atoms with Gasteiger partial charge < -0.3 is 9.80 Å². The molecule has 1 aromatic carbocycles. The van der Waals surface area contributed by atoms with Crippen LogP contribution in [0, 0.1) is 0 Å². The first kappa shape index (κ1) is 16.3. The summed E-state index contributed by atoms with van der Waals surface area (Å²) in [7, 11) is 0. The van der Waals surface area contributed by atoms with E-state index in [-0.39, 0.29) is 5.56 Å². The molecule has 0 spiro atoms. The van der Waals surface area contributed by atoms with Crippen LogP contribution in [0.1, 0.15) is 12.5 Å². The number of aromatic nitrogens is 1. The number of fused-ring (bicyclic) bond motifs is 1. The summed E-state index contributed by atoms with van der Waals surface area (Å²) >= 11 is 1.65. The number of hydrogen-bond acceptors (Lipinski definition) is 4. The van der Waals surface area contributed by atoms with Crippen LogP contribution in [0.4, 0.5) is 20.2 Å². The van der Waals surface area contributed by atoms with Crippen molar-refractivity contribution in [2.75, 3.05) is 36.0 Å². The van der Waals surface area contributed by atoms with Crippen LogP contribution in [-0.2, 0) is 5.92 Å². The summed E-state index contributed by atoms with van der Waals surface area (Å²) in [6.07, 6.45) is 1.85. The number of rotatable bonds is 3. The number of pyridine rings is 1. The summed E-state index contributed by atoms with van der Waals surface area (Å²) in [6, 6.07) is 10.9. The molecular formula is C19H19F2N3S. The highest BCUT2D eigenvalue weighted by atomic mass is 32.1. The summed E-state index contributed by atoms with van der Waals surface area (Å²) in [5.41, 5.74) is 2.15. The van der Waals surface area contributed by atoms with Crippen molar-refractivity contribution in [3.05, 3.63) is 53.5 Å². The maximum atomic E-state index is 13.6. The van der Waals surface area contributed by atoms with Crippen LogP contribution in [0.25, 0.3) is 10.2 Å². The number of hydrogen-bond donors (Lipinski definition) is 0. The molecule has 6 heteroatoms. The lowest BCUT2D eigenvalue weighted by atomic mass is 10.1. The Hall–Kier alpha value is -2.21. The van der Waals surface area contributed by atoms with Crippen molar-refractivity contribution in [2.45, 2.75) is 12.8 Å². The first-order valence-electron chi connectivity index (χ1n) is 8.33. The molecule has 3 nitrogen and oxygen atoms in total. The van der Waals surface area contributed by atoms with Crippen LogP contribution < -0.4 is 9.80 Å². The van der Waals surface area contributed by atoms with Gasteiger partial charge in [-0.05, 0) is 29.6 Å². The molecule has 4 rings (SSSR count). The predicted octanol–water partition coefficient (Wildman–Crippen LogP) is 4.73. The number of halogens is 2. The summed E-state index contributed by atoms with van der Waals surface area (Å²) in [4.78, 5) is 9.99. The Morgan fingerprint density at radius 1 is 1.04 bits per heavy atom. The second-order valence-corrected chi connectivity index (χ2v) is 7.28. The SMILES string of the molecule is CC(F)(F)c1cccc(N2CCN(c3ccnc4sccc34)CC2)c1. The van der Waals surface area contributed by atoms with Crippen molar-refractivity contribution >= 4 is 32.9 Å². The van der Waals surface area contributed by atoms with Crippen LogP contribution in [0.3, 0.4) is 0 Å². The number of alkyl halides is 2. The highest BCUT2D eigenvalue weighted by molar-refractivity contribution is 7.16. The molecule has 130 valence electrons. The van der Waals surface area contributed by atoms with Crippen molar-refractivity contribution in [3.8, 4) is 0 Å². The number of anilines is 2. The Kier molecular flexibility index (Phi) is 4.07. The summed E-state index contributed by atoms with van der Waals surface area (Å²) in [5, 5.41) is 3.25. The normalized spacial score (nSPS) is 15.8. The Labute approximate surface area is 149 Å². The van der Waals surface area contributed by atoms with Crippen molar-refractivity contribution < 1.29 is 8.78 Å². The average molecular weight is 359 g/mol. The Balaban J connectivity index is 1.51. The highest BCUT2D eigenvalue weighted by Crippen LogP contribution is 2.32. The maximum Gasteiger partial charge on any atom is 0.270 e. The summed E-state index contributed by atoms with van der Waals surface area (Å²) in [5.74, 6) is -2.81. The Morgan fingerprint density at radius 3 is 2.56 bits per heavy atom. The standard InChI is InChI=1S/C19H19F2N3S/c1-19(20,21)14-3-2-4-15(13-14)23-8-10-24(11-9-23)17-5-7-22-18-16(17)6-12-25-18/h2-7,12-13H,8-11H2,1H3. The molecule has 0 bridgehead atoms. The second kappa shape index (κ2) is 6.26. The molecule has 1 fully saturated rings. The smallest absolute Gasteiger partial charge is 0.270 e. The van der Waals surface area contributed by atoms with E-state index in [1.165, 1.54) is 17.1 Å². The van der Waals surface area contributed by atoms with E-state index in [9.17, 15) is 8.78 Å². The van der Waals surface area contributed by atoms with Gasteiger partial charge in [0.2, 0.25) is 0 Å². The van der Waals surface area contributed by atoms with Crippen LogP contribution in [0.5, 0.6) is 0 Å². The van der Waals surface area contributed by atoms with E-state index >= 15 is 0 Å². The first-order chi connectivity index (χ1) is 12.0. The topological polar surface area (TPSA) is 19.4 Å². The van der Waals surface area contributed by atoms with Crippen LogP contribution in [0.15, 0.2) is 48.0 Å². The molecule has 0 amide bonds. The van der Waals surface area contributed by atoms with Gasteiger partial charge in [-0.25, -0.2) is 13.8 Å². The minimum absolute atomic E-state index is 0.0709. The minimum Gasteiger partial charge on any atom is -0.368 e. The lowest BCUT2D eigenvalue weighted by Gasteiger charge is -2.37. The van der Waals surface area contributed by atoms with Gasteiger partial charge in [0.05, 0.1) is 0 Å². The molecule has 0 N–H and O–H groups in total. The molecule has 2 aromatic heterocycles. The van der Waals surface area contributed by atoms with Gasteiger partial charge in [0, 0.05) is 61.6 Å². The Bertz CT molecular complexity index is 880. The van der Waals surface area contributed by atoms with Gasteiger partial charge in [-0.3, -0.25) is 0 Å². The quantitative estimate of drug-likeness (QED) is 0.674. The molecule has 0 aliphatic carbocycles. The lowest BCUT2D eigenvalue weighted by Crippen LogP contribution is -2.46. The molecule has 25 heavy (non-hydrogen) atoms. The second-order valence-electron chi connectivity index (χ2n) is 6.38. The minimum atomic E-state index is -2.81. The summed E-state index contributed by atoms with van der Waals surface area (Å²) < 4.78 is 27.1. The van der Waals surface area contributed by atoms with E-state index in [2.05, 4.69) is 32.3 Å². The van der Waals surface area contributed by atoms with Crippen LogP contribution in [0.2, 0.25) is 0 Å². The van der Waals surface area contributed by atoms with E-state index in [1.54, 1.807) is 23.5 Å². The monoisotopic (exact) mass is 359 g/mol. The molecule has 3 heterocycles. The van der Waals surface area contributed by atoms with Gasteiger partial charge in [0.15, 0.2) is 0 Å². The predicted molar refractivity (Wildman–Crippen MR) is 100 cm³/mol. The zero-order valence-corrected chi connectivity index (χ0v) is 14.8. The molecule has 1 aliphatic rings. The molecule has 3 aromatic rings. The van der Waals surface area contributed by atoms with Crippen molar-refractivity contribution in [1.82, 2.24) is 4.98 Å². The van der Waals surface area contributed by atoms with Gasteiger partial charge in [0.1, 0.15) is 4.83 Å². The maximum absolute atomic E-state index is 13.6. The largest absolute Gasteiger partial charge is 0.368 e. The Morgan fingerprint density at radius 2 is 1.80 bits per heavy atom. The van der Waals surface area contributed by atoms with E-state index in [0.29, 0.717) is 0 Å². The fraction of sp³-hybridized carbons (Fsp3) is 0.316. The molecule has 0 radical (unpaired) electrons. The lowest BCUT2D eigenvalue weighted by molar-refractivity contribution is 0.0175. The van der Waals surface area contributed by atoms with Crippen molar-refractivity contribution in [2.24, 2.45) is 0 Å². The highest BCUT2D eigenvalue weighted by Gasteiger charge is 2.26. The van der Waals surface area contributed by atoms with E-state index in [0.717, 1.165) is 43.6 Å². The number of piperazine rings is 1. The van der Waals surface area contributed by atoms with E-state index < -0.39 is 5.92 Å². The van der Waals surface area contributed by atoms with Crippen LogP contribution >= 0.6 is 11.3 Å². The first-order valence-corrected chi connectivity index (χ1v) is 9.21. The van der Waals surface area contributed by atoms with Crippen molar-refractivity contribution in [1.29, 1.82) is 0 Å². The van der Waals surface area contributed by atoms with Crippen molar-refractivity contribution in [3.63, 3.8) is 0 Å². The fourth-order valence-corrected chi connectivity index (χ4v) is 4.07. The van der Waals surface area contributed by atoms with Gasteiger partial charge in [0.25, 0.3) is 5.92 Å². The fourth-order valence-electron chi connectivity index (χ4n) is 3.32. The van der Waals surface area contributed by atoms with Gasteiger partial charge >= 0.3 is 0 Å². The molecule has 0 unspecified atom stereocenters. The molecule has 0 atom stereocenters. The van der Waals surface area contributed by atoms with Crippen LogP contribution in [-0.4, -0.2) is 31.2 Å². The molecule has 1 aliphatic heterocycles. The number of nitrogens with zero attached hydrogens (tertiary/aromatic N) is 3. The third-order valence-electron chi connectivity index (χ3n) is 4.68. The molecular weight excluding hydrogens is 340 g/mol. The van der Waals surface area contributed by atoms with E-state index in [1.807, 2.05) is 12.3 Å². The van der Waals surface area contributed by atoms with E-state index in [4.69, 9.17) is 0 Å². The zero-order chi connectivity index (χ0) is 17.4. The molecule has 1 saturated heterocycles. The third kappa shape index (κ3) is 3.18. The third-order valence-corrected chi connectivity index (χ3v) is 5.50. The summed E-state index contributed by atoms with van der Waals surface area (Å²) in [6.45, 7) is 4.29. The van der Waals surface area contributed by atoms with Gasteiger partial charge in [-0.15, -0.1) is 11.3 Å². The number of thiophene rings is 1. The zero-order valence-electron chi connectivity index (χ0n) is 14.0. The van der Waals surface area contributed by atoms with Gasteiger partial charge in [-0.2, -0.15) is 0 Å². The average Bonchev–Trinajstić information content (AvgIpc) is 3.10.